The molecule has 1 N–H and O–H groups in total. The topological polar surface area (TPSA) is 67.9 Å². The van der Waals surface area contributed by atoms with Crippen LogP contribution in [0.5, 0.6) is 5.75 Å². The Labute approximate surface area is 167 Å². The molecule has 0 radical (unpaired) electrons. The van der Waals surface area contributed by atoms with Crippen molar-refractivity contribution in [2.45, 2.75) is 13.2 Å². The quantitative estimate of drug-likeness (QED) is 0.513. The minimum Gasteiger partial charge on any atom is -0.452 e. The summed E-state index contributed by atoms with van der Waals surface area (Å²) in [7, 11) is 3.88. The number of halogens is 2. The fourth-order valence-corrected chi connectivity index (χ4v) is 2.27. The largest absolute Gasteiger partial charge is 0.452 e. The Balaban J connectivity index is 1.72. The lowest BCUT2D eigenvalue weighted by Gasteiger charge is -2.12. The van der Waals surface area contributed by atoms with E-state index >= 15 is 0 Å². The summed E-state index contributed by atoms with van der Waals surface area (Å²) in [5, 5.41) is 2.67. The Morgan fingerprint density at radius 1 is 1.07 bits per heavy atom. The van der Waals surface area contributed by atoms with Gasteiger partial charge < -0.3 is 19.7 Å². The van der Waals surface area contributed by atoms with Crippen LogP contribution in [0.2, 0.25) is 0 Å². The third kappa shape index (κ3) is 8.00. The molecule has 2 aromatic rings. The molecule has 0 saturated heterocycles. The van der Waals surface area contributed by atoms with E-state index in [4.69, 9.17) is 4.74 Å². The molecule has 0 unspecified atom stereocenters. The smallest absolute Gasteiger partial charge is 0.387 e. The fraction of sp³-hybridized carbons (Fsp3) is 0.238. The number of carbonyl (C=O) groups is 2. The van der Waals surface area contributed by atoms with Gasteiger partial charge >= 0.3 is 12.6 Å². The first-order chi connectivity index (χ1) is 13.8. The fourth-order valence-electron chi connectivity index (χ4n) is 2.27. The molecule has 154 valence electrons. The number of hydrogen-bond acceptors (Lipinski definition) is 5. The number of ether oxygens (including phenoxy) is 2. The number of alkyl halides is 2. The van der Waals surface area contributed by atoms with Crippen LogP contribution in [0.3, 0.4) is 0 Å². The third-order valence-corrected chi connectivity index (χ3v) is 3.81. The first-order valence-electron chi connectivity index (χ1n) is 8.76. The van der Waals surface area contributed by atoms with Crippen molar-refractivity contribution >= 4 is 23.6 Å². The van der Waals surface area contributed by atoms with Crippen molar-refractivity contribution in [3.63, 3.8) is 0 Å². The van der Waals surface area contributed by atoms with Crippen LogP contribution < -0.4 is 15.0 Å². The predicted octanol–water partition coefficient (Wildman–Crippen LogP) is 3.23. The molecular formula is C21H22F2N2O4. The molecule has 0 atom stereocenters. The normalized spacial score (nSPS) is 10.8. The van der Waals surface area contributed by atoms with Crippen molar-refractivity contribution < 1.29 is 27.8 Å². The Bertz CT molecular complexity index is 835. The van der Waals surface area contributed by atoms with E-state index in [9.17, 15) is 18.4 Å². The van der Waals surface area contributed by atoms with E-state index < -0.39 is 25.1 Å². The molecule has 0 saturated carbocycles. The first kappa shape index (κ1) is 21.9. The second kappa shape index (κ2) is 10.8. The summed E-state index contributed by atoms with van der Waals surface area (Å²) in [4.78, 5) is 25.5. The van der Waals surface area contributed by atoms with Gasteiger partial charge in [0, 0.05) is 32.4 Å². The maximum atomic E-state index is 12.1. The Morgan fingerprint density at radius 3 is 2.31 bits per heavy atom. The van der Waals surface area contributed by atoms with E-state index in [1.165, 1.54) is 30.3 Å². The number of benzene rings is 2. The lowest BCUT2D eigenvalue weighted by molar-refractivity contribution is -0.143. The molecule has 29 heavy (non-hydrogen) atoms. The van der Waals surface area contributed by atoms with E-state index in [1.807, 2.05) is 43.3 Å². The number of carbonyl (C=O) groups excluding carboxylic acids is 2. The van der Waals surface area contributed by atoms with E-state index in [0.29, 0.717) is 12.1 Å². The van der Waals surface area contributed by atoms with E-state index in [1.54, 1.807) is 0 Å². The summed E-state index contributed by atoms with van der Waals surface area (Å²) in [6.45, 7) is -2.97. The van der Waals surface area contributed by atoms with Crippen LogP contribution in [0.25, 0.3) is 6.08 Å². The monoisotopic (exact) mass is 404 g/mol. The van der Waals surface area contributed by atoms with Crippen LogP contribution in [0.1, 0.15) is 11.1 Å². The molecule has 6 nitrogen and oxygen atoms in total. The van der Waals surface area contributed by atoms with Gasteiger partial charge in [-0.05, 0) is 41.5 Å². The van der Waals surface area contributed by atoms with Gasteiger partial charge in [0.05, 0.1) is 0 Å². The van der Waals surface area contributed by atoms with Gasteiger partial charge in [-0.25, -0.2) is 4.79 Å². The van der Waals surface area contributed by atoms with Crippen LogP contribution >= 0.6 is 0 Å². The molecule has 0 bridgehead atoms. The number of hydrogen-bond donors (Lipinski definition) is 1. The molecule has 0 aliphatic heterocycles. The van der Waals surface area contributed by atoms with Gasteiger partial charge in [-0.15, -0.1) is 0 Å². The van der Waals surface area contributed by atoms with Crippen molar-refractivity contribution in [1.29, 1.82) is 0 Å². The van der Waals surface area contributed by atoms with Crippen molar-refractivity contribution in [2.24, 2.45) is 0 Å². The summed E-state index contributed by atoms with van der Waals surface area (Å²) in [6.07, 6.45) is 2.59. The highest BCUT2D eigenvalue weighted by Gasteiger charge is 2.06. The molecule has 8 heteroatoms. The number of nitrogens with zero attached hydrogens (tertiary/aromatic N) is 1. The number of nitrogens with one attached hydrogen (secondary N) is 1. The number of esters is 1. The molecule has 0 aliphatic carbocycles. The number of anilines is 1. The Morgan fingerprint density at radius 2 is 1.72 bits per heavy atom. The maximum Gasteiger partial charge on any atom is 0.387 e. The predicted molar refractivity (Wildman–Crippen MR) is 106 cm³/mol. The summed E-state index contributed by atoms with van der Waals surface area (Å²) in [5.41, 5.74) is 2.57. The Kier molecular flexibility index (Phi) is 8.14. The van der Waals surface area contributed by atoms with Crippen LogP contribution in [-0.2, 0) is 20.9 Å². The molecule has 2 rings (SSSR count). The van der Waals surface area contributed by atoms with Crippen LogP contribution in [0.15, 0.2) is 54.6 Å². The van der Waals surface area contributed by atoms with Gasteiger partial charge in [0.25, 0.3) is 5.91 Å². The lowest BCUT2D eigenvalue weighted by Crippen LogP contribution is -2.28. The van der Waals surface area contributed by atoms with Crippen LogP contribution in [-0.4, -0.2) is 39.2 Å². The lowest BCUT2D eigenvalue weighted by atomic mass is 10.2. The molecular weight excluding hydrogens is 382 g/mol. The highest BCUT2D eigenvalue weighted by atomic mass is 19.3. The second-order valence-corrected chi connectivity index (χ2v) is 6.23. The Hall–Kier alpha value is -3.42. The van der Waals surface area contributed by atoms with Gasteiger partial charge in [0.2, 0.25) is 0 Å². The zero-order chi connectivity index (χ0) is 21.2. The molecule has 0 aliphatic rings. The standard InChI is InChI=1S/C21H22F2N2O4/c1-25(2)17-8-3-16(4-9-17)13-24-19(26)14-28-20(27)12-7-15-5-10-18(11-6-15)29-21(22)23/h3-12,21H,13-14H2,1-2H3,(H,24,26)/b12-7+. The minimum absolute atomic E-state index is 0.0211. The minimum atomic E-state index is -2.89. The molecule has 0 heterocycles. The van der Waals surface area contributed by atoms with Gasteiger partial charge in [-0.2, -0.15) is 8.78 Å². The highest BCUT2D eigenvalue weighted by Crippen LogP contribution is 2.15. The van der Waals surface area contributed by atoms with E-state index in [-0.39, 0.29) is 5.75 Å². The van der Waals surface area contributed by atoms with Crippen molar-refractivity contribution in [3.05, 3.63) is 65.7 Å². The molecule has 0 spiro atoms. The van der Waals surface area contributed by atoms with Gasteiger partial charge in [-0.3, -0.25) is 4.79 Å². The van der Waals surface area contributed by atoms with Crippen molar-refractivity contribution in [1.82, 2.24) is 5.32 Å². The number of amides is 1. The van der Waals surface area contributed by atoms with Gasteiger partial charge in [-0.1, -0.05) is 24.3 Å². The highest BCUT2D eigenvalue weighted by molar-refractivity contribution is 5.89. The first-order valence-corrected chi connectivity index (χ1v) is 8.76. The SMILES string of the molecule is CN(C)c1ccc(CNC(=O)COC(=O)/C=C/c2ccc(OC(F)F)cc2)cc1. The average Bonchev–Trinajstić information content (AvgIpc) is 2.70. The summed E-state index contributed by atoms with van der Waals surface area (Å²) in [6, 6.07) is 13.4. The average molecular weight is 404 g/mol. The van der Waals surface area contributed by atoms with Crippen molar-refractivity contribution in [3.8, 4) is 5.75 Å². The van der Waals surface area contributed by atoms with Crippen molar-refractivity contribution in [2.75, 3.05) is 25.6 Å². The van der Waals surface area contributed by atoms with Crippen LogP contribution in [0.4, 0.5) is 14.5 Å². The van der Waals surface area contributed by atoms with E-state index in [2.05, 4.69) is 10.1 Å². The molecule has 2 aromatic carbocycles. The van der Waals surface area contributed by atoms with E-state index in [0.717, 1.165) is 17.3 Å². The maximum absolute atomic E-state index is 12.1. The number of rotatable bonds is 9. The second-order valence-electron chi connectivity index (χ2n) is 6.23. The summed E-state index contributed by atoms with van der Waals surface area (Å²) < 4.78 is 33.3. The van der Waals surface area contributed by atoms with Crippen LogP contribution in [0, 0.1) is 0 Å². The third-order valence-electron chi connectivity index (χ3n) is 3.81. The summed E-state index contributed by atoms with van der Waals surface area (Å²) in [5.74, 6) is -1.09. The zero-order valence-electron chi connectivity index (χ0n) is 16.1. The molecule has 1 amide bonds. The molecule has 0 fully saturated rings. The van der Waals surface area contributed by atoms with Gasteiger partial charge in [0.15, 0.2) is 6.61 Å². The van der Waals surface area contributed by atoms with Gasteiger partial charge in [0.1, 0.15) is 5.75 Å². The zero-order valence-corrected chi connectivity index (χ0v) is 16.1. The molecule has 0 aromatic heterocycles. The summed E-state index contributed by atoms with van der Waals surface area (Å²) >= 11 is 0.